The molecule has 0 heterocycles. The van der Waals surface area contributed by atoms with Crippen LogP contribution >= 0.6 is 7.92 Å². The molecule has 0 nitrogen and oxygen atoms in total. The fourth-order valence-corrected chi connectivity index (χ4v) is 11.6. The molecule has 2 rings (SSSR count). The maximum atomic E-state index is 3.95. The van der Waals surface area contributed by atoms with Gasteiger partial charge in [0.2, 0.25) is 0 Å². The maximum absolute atomic E-state index is 3.95. The fraction of sp³-hybridized carbons (Fsp3) is 0.391. The van der Waals surface area contributed by atoms with E-state index in [0.29, 0.717) is 16.6 Å². The standard InChI is InChI=1S/C23H31PSi/c1-19(2)25(20(3)4,21(5)6)18-17-24(22-13-9-7-10-14-22)23-15-11-8-12-16-23/h7-16,19-21H,1-6H3. The van der Waals surface area contributed by atoms with Crippen molar-refractivity contribution in [2.24, 2.45) is 0 Å². The molecule has 0 aliphatic carbocycles. The van der Waals surface area contributed by atoms with Gasteiger partial charge in [-0.2, -0.15) is 0 Å². The average Bonchev–Trinajstić information content (AvgIpc) is 2.59. The van der Waals surface area contributed by atoms with Crippen molar-refractivity contribution in [2.45, 2.75) is 58.2 Å². The highest BCUT2D eigenvalue weighted by molar-refractivity contribution is 7.77. The van der Waals surface area contributed by atoms with Crippen LogP contribution in [0.3, 0.4) is 0 Å². The van der Waals surface area contributed by atoms with E-state index in [2.05, 4.69) is 113 Å². The summed E-state index contributed by atoms with van der Waals surface area (Å²) in [7, 11) is -2.32. The SMILES string of the molecule is CC(C)[Si](C#CP(c1ccccc1)c1ccccc1)(C(C)C)C(C)C. The van der Waals surface area contributed by atoms with Crippen molar-refractivity contribution in [3.63, 3.8) is 0 Å². The zero-order chi connectivity index (χ0) is 18.4. The first kappa shape index (κ1) is 20.0. The van der Waals surface area contributed by atoms with Gasteiger partial charge in [0.25, 0.3) is 0 Å². The van der Waals surface area contributed by atoms with Crippen molar-refractivity contribution in [3.05, 3.63) is 60.7 Å². The minimum atomic E-state index is -1.70. The minimum absolute atomic E-state index is 0.616. The van der Waals surface area contributed by atoms with E-state index in [1.54, 1.807) is 0 Å². The zero-order valence-corrected chi connectivity index (χ0v) is 18.3. The zero-order valence-electron chi connectivity index (χ0n) is 16.5. The second-order valence-corrected chi connectivity index (χ2v) is 15.1. The Hall–Kier alpha value is -1.35. The molecule has 2 aromatic carbocycles. The highest BCUT2D eigenvalue weighted by Gasteiger charge is 2.41. The first-order valence-corrected chi connectivity index (χ1v) is 12.9. The van der Waals surface area contributed by atoms with E-state index >= 15 is 0 Å². The van der Waals surface area contributed by atoms with Gasteiger partial charge in [-0.3, -0.25) is 0 Å². The quantitative estimate of drug-likeness (QED) is 0.331. The van der Waals surface area contributed by atoms with E-state index in [0.717, 1.165) is 0 Å². The molecule has 0 saturated heterocycles. The second-order valence-electron chi connectivity index (χ2n) is 7.64. The number of hydrogen-bond acceptors (Lipinski definition) is 0. The summed E-state index contributed by atoms with van der Waals surface area (Å²) >= 11 is 0. The van der Waals surface area contributed by atoms with Crippen LogP contribution in [0, 0.1) is 11.2 Å². The van der Waals surface area contributed by atoms with Gasteiger partial charge in [-0.1, -0.05) is 108 Å². The van der Waals surface area contributed by atoms with Gasteiger partial charge in [0, 0.05) is 7.92 Å². The summed E-state index contributed by atoms with van der Waals surface area (Å²) in [5.74, 6) is 0. The van der Waals surface area contributed by atoms with Crippen molar-refractivity contribution in [1.29, 1.82) is 0 Å². The molecule has 0 radical (unpaired) electrons. The van der Waals surface area contributed by atoms with E-state index < -0.39 is 16.0 Å². The van der Waals surface area contributed by atoms with Crippen molar-refractivity contribution in [3.8, 4) is 11.2 Å². The molecule has 0 bridgehead atoms. The lowest BCUT2D eigenvalue weighted by atomic mass is 10.4. The molecule has 132 valence electrons. The Labute approximate surface area is 156 Å². The molecular formula is C23H31PSi. The summed E-state index contributed by atoms with van der Waals surface area (Å²) in [4.78, 5) is 0. The van der Waals surface area contributed by atoms with Crippen LogP contribution in [0.4, 0.5) is 0 Å². The molecule has 0 fully saturated rings. The highest BCUT2D eigenvalue weighted by Crippen LogP contribution is 2.42. The van der Waals surface area contributed by atoms with E-state index in [9.17, 15) is 0 Å². The lowest BCUT2D eigenvalue weighted by Gasteiger charge is -2.38. The topological polar surface area (TPSA) is 0 Å². The monoisotopic (exact) mass is 366 g/mol. The summed E-state index contributed by atoms with van der Waals surface area (Å²) < 4.78 is 0. The number of benzene rings is 2. The van der Waals surface area contributed by atoms with E-state index in [-0.39, 0.29) is 0 Å². The molecular weight excluding hydrogens is 335 g/mol. The van der Waals surface area contributed by atoms with Gasteiger partial charge in [-0.25, -0.2) is 0 Å². The van der Waals surface area contributed by atoms with Crippen LogP contribution in [0.25, 0.3) is 0 Å². The van der Waals surface area contributed by atoms with Crippen LogP contribution in [0.1, 0.15) is 41.5 Å². The van der Waals surface area contributed by atoms with Crippen molar-refractivity contribution >= 4 is 26.6 Å². The van der Waals surface area contributed by atoms with Crippen LogP contribution in [-0.2, 0) is 0 Å². The molecule has 0 amide bonds. The summed E-state index contributed by atoms with van der Waals surface area (Å²) in [5.41, 5.74) is 9.77. The van der Waals surface area contributed by atoms with Crippen molar-refractivity contribution in [2.75, 3.05) is 0 Å². The molecule has 0 aliphatic heterocycles. The molecule has 0 aromatic heterocycles. The van der Waals surface area contributed by atoms with Gasteiger partial charge in [0.1, 0.15) is 8.07 Å². The lowest BCUT2D eigenvalue weighted by molar-refractivity contribution is 0.838. The molecule has 25 heavy (non-hydrogen) atoms. The number of hydrogen-bond donors (Lipinski definition) is 0. The van der Waals surface area contributed by atoms with Crippen LogP contribution < -0.4 is 10.6 Å². The third kappa shape index (κ3) is 4.44. The predicted molar refractivity (Wildman–Crippen MR) is 118 cm³/mol. The maximum Gasteiger partial charge on any atom is 0.146 e. The van der Waals surface area contributed by atoms with E-state index in [1.165, 1.54) is 10.6 Å². The largest absolute Gasteiger partial charge is 0.146 e. The van der Waals surface area contributed by atoms with E-state index in [4.69, 9.17) is 0 Å². The Morgan fingerprint density at radius 3 is 1.32 bits per heavy atom. The minimum Gasteiger partial charge on any atom is -0.125 e. The Kier molecular flexibility index (Phi) is 7.06. The molecule has 2 heteroatoms. The molecule has 0 unspecified atom stereocenters. The molecule has 0 aliphatic rings. The van der Waals surface area contributed by atoms with Gasteiger partial charge in [-0.05, 0) is 27.2 Å². The van der Waals surface area contributed by atoms with Gasteiger partial charge in [0.05, 0.1) is 0 Å². The molecule has 0 atom stereocenters. The fourth-order valence-electron chi connectivity index (χ4n) is 4.02. The summed E-state index contributed by atoms with van der Waals surface area (Å²) in [6.07, 6.45) is 0. The highest BCUT2D eigenvalue weighted by atomic mass is 31.1. The normalized spacial score (nSPS) is 11.9. The second kappa shape index (κ2) is 8.84. The predicted octanol–water partition coefficient (Wildman–Crippen LogP) is 6.30. The average molecular weight is 367 g/mol. The third-order valence-electron chi connectivity index (χ3n) is 5.28. The third-order valence-corrected chi connectivity index (χ3v) is 13.7. The van der Waals surface area contributed by atoms with Crippen LogP contribution in [0.2, 0.25) is 16.6 Å². The van der Waals surface area contributed by atoms with Crippen LogP contribution in [0.15, 0.2) is 60.7 Å². The molecule has 0 spiro atoms. The Morgan fingerprint density at radius 2 is 1.00 bits per heavy atom. The van der Waals surface area contributed by atoms with Gasteiger partial charge in [-0.15, -0.1) is 5.54 Å². The van der Waals surface area contributed by atoms with Gasteiger partial charge >= 0.3 is 0 Å². The Balaban J connectivity index is 2.56. The first-order valence-electron chi connectivity index (χ1n) is 9.32. The summed E-state index contributed by atoms with van der Waals surface area (Å²) in [6.45, 7) is 14.3. The Morgan fingerprint density at radius 1 is 0.640 bits per heavy atom. The van der Waals surface area contributed by atoms with Crippen LogP contribution in [0.5, 0.6) is 0 Å². The molecule has 2 aromatic rings. The summed E-state index contributed by atoms with van der Waals surface area (Å²) in [6, 6.07) is 21.6. The smallest absolute Gasteiger partial charge is 0.125 e. The van der Waals surface area contributed by atoms with Crippen molar-refractivity contribution < 1.29 is 0 Å². The Bertz CT molecular complexity index is 647. The van der Waals surface area contributed by atoms with Gasteiger partial charge < -0.3 is 0 Å². The first-order chi connectivity index (χ1) is 11.9. The van der Waals surface area contributed by atoms with E-state index in [1.807, 2.05) is 0 Å². The van der Waals surface area contributed by atoms with Crippen LogP contribution in [-0.4, -0.2) is 8.07 Å². The summed E-state index contributed by atoms with van der Waals surface area (Å²) in [5, 5.41) is 2.71. The molecule has 0 N–H and O–H groups in total. The lowest BCUT2D eigenvalue weighted by Crippen LogP contribution is -2.43. The number of rotatable bonds is 5. The van der Waals surface area contributed by atoms with Crippen molar-refractivity contribution in [1.82, 2.24) is 0 Å². The molecule has 0 saturated carbocycles. The van der Waals surface area contributed by atoms with Gasteiger partial charge in [0.15, 0.2) is 0 Å².